The Bertz CT molecular complexity index is 864. The highest BCUT2D eigenvalue weighted by Crippen LogP contribution is 2.19. The summed E-state index contributed by atoms with van der Waals surface area (Å²) in [6.07, 6.45) is 3.49. The highest BCUT2D eigenvalue weighted by Gasteiger charge is 2.15. The van der Waals surface area contributed by atoms with E-state index in [4.69, 9.17) is 9.26 Å². The van der Waals surface area contributed by atoms with E-state index in [0.717, 1.165) is 11.3 Å². The number of nitrogens with one attached hydrogen (secondary N) is 2. The molecule has 0 aliphatic rings. The Morgan fingerprint density at radius 2 is 2.15 bits per heavy atom. The largest absolute Gasteiger partial charge is 0.489 e. The van der Waals surface area contributed by atoms with Crippen LogP contribution in [0.4, 0.5) is 11.6 Å². The fourth-order valence-electron chi connectivity index (χ4n) is 2.29. The van der Waals surface area contributed by atoms with Crippen molar-refractivity contribution in [2.75, 3.05) is 10.6 Å². The minimum atomic E-state index is -0.464. The average Bonchev–Trinajstić information content (AvgIpc) is 3.06. The van der Waals surface area contributed by atoms with Crippen molar-refractivity contribution in [2.24, 2.45) is 0 Å². The van der Waals surface area contributed by atoms with Crippen molar-refractivity contribution in [1.82, 2.24) is 10.1 Å². The molecule has 1 amide bonds. The molecule has 0 aliphatic heterocycles. The van der Waals surface area contributed by atoms with Crippen LogP contribution in [-0.4, -0.2) is 22.1 Å². The van der Waals surface area contributed by atoms with Gasteiger partial charge in [-0.05, 0) is 32.0 Å². The summed E-state index contributed by atoms with van der Waals surface area (Å²) in [5, 5.41) is 9.55. The van der Waals surface area contributed by atoms with Gasteiger partial charge in [0, 0.05) is 35.8 Å². The molecule has 134 valence electrons. The Labute approximate surface area is 151 Å². The molecule has 2 aromatic heterocycles. The monoisotopic (exact) mass is 352 g/mol. The molecule has 0 unspecified atom stereocenters. The Kier molecular flexibility index (Phi) is 5.48. The van der Waals surface area contributed by atoms with Gasteiger partial charge in [0.1, 0.15) is 18.4 Å². The molecular weight excluding hydrogens is 332 g/mol. The van der Waals surface area contributed by atoms with Crippen molar-refractivity contribution < 1.29 is 14.1 Å². The number of rotatable bonds is 7. The first-order valence-electron chi connectivity index (χ1n) is 8.22. The summed E-state index contributed by atoms with van der Waals surface area (Å²) in [6, 6.07) is 12.5. The first-order valence-corrected chi connectivity index (χ1v) is 8.22. The van der Waals surface area contributed by atoms with Crippen LogP contribution in [0.2, 0.25) is 0 Å². The Balaban J connectivity index is 1.56. The summed E-state index contributed by atoms with van der Waals surface area (Å²) < 4.78 is 10.8. The Morgan fingerprint density at radius 1 is 1.27 bits per heavy atom. The van der Waals surface area contributed by atoms with Crippen LogP contribution in [0.15, 0.2) is 59.4 Å². The fourth-order valence-corrected chi connectivity index (χ4v) is 2.29. The Hall–Kier alpha value is -3.35. The predicted octanol–water partition coefficient (Wildman–Crippen LogP) is 3.40. The van der Waals surface area contributed by atoms with Crippen molar-refractivity contribution in [3.8, 4) is 5.75 Å². The molecule has 2 N–H and O–H groups in total. The van der Waals surface area contributed by atoms with E-state index in [0.29, 0.717) is 23.9 Å². The smallest absolute Gasteiger partial charge is 0.248 e. The first kappa shape index (κ1) is 17.5. The van der Waals surface area contributed by atoms with Gasteiger partial charge in [0.05, 0.1) is 5.69 Å². The van der Waals surface area contributed by atoms with Crippen LogP contribution in [0.3, 0.4) is 0 Å². The van der Waals surface area contributed by atoms with Crippen LogP contribution in [0.5, 0.6) is 5.75 Å². The number of amides is 1. The molecule has 26 heavy (non-hydrogen) atoms. The van der Waals surface area contributed by atoms with Crippen LogP contribution in [0, 0.1) is 6.92 Å². The molecule has 0 radical (unpaired) electrons. The molecule has 0 bridgehead atoms. The molecule has 2 heterocycles. The third kappa shape index (κ3) is 4.83. The lowest BCUT2D eigenvalue weighted by Gasteiger charge is -2.15. The summed E-state index contributed by atoms with van der Waals surface area (Å²) in [5.41, 5.74) is 2.48. The van der Waals surface area contributed by atoms with Gasteiger partial charge in [-0.2, -0.15) is 0 Å². The minimum absolute atomic E-state index is 0.220. The van der Waals surface area contributed by atoms with Crippen molar-refractivity contribution in [3.05, 3.63) is 66.1 Å². The number of nitrogens with zero attached hydrogens (tertiary/aromatic N) is 2. The number of anilines is 2. The van der Waals surface area contributed by atoms with E-state index in [2.05, 4.69) is 20.8 Å². The van der Waals surface area contributed by atoms with Gasteiger partial charge < -0.3 is 14.6 Å². The molecule has 3 rings (SSSR count). The summed E-state index contributed by atoms with van der Waals surface area (Å²) in [7, 11) is 0. The molecule has 7 nitrogen and oxygen atoms in total. The standard InChI is InChI=1S/C19H20N4O3/c1-13-9-18(26-23-13)22-19(24)14(2)21-16-6-3-7-17(10-16)25-12-15-5-4-8-20-11-15/h3-11,14,21H,12H2,1-2H3,(H,22,24)/t14-/m1/s1. The van der Waals surface area contributed by atoms with Gasteiger partial charge in [-0.25, -0.2) is 0 Å². The summed E-state index contributed by atoms with van der Waals surface area (Å²) >= 11 is 0. The number of ether oxygens (including phenoxy) is 1. The van der Waals surface area contributed by atoms with Crippen molar-refractivity contribution in [2.45, 2.75) is 26.5 Å². The maximum absolute atomic E-state index is 12.2. The molecule has 1 aromatic carbocycles. The van der Waals surface area contributed by atoms with E-state index >= 15 is 0 Å². The lowest BCUT2D eigenvalue weighted by molar-refractivity contribution is -0.116. The lowest BCUT2D eigenvalue weighted by atomic mass is 10.2. The maximum atomic E-state index is 12.2. The number of aryl methyl sites for hydroxylation is 1. The summed E-state index contributed by atoms with van der Waals surface area (Å²) in [4.78, 5) is 16.3. The van der Waals surface area contributed by atoms with Crippen LogP contribution < -0.4 is 15.4 Å². The van der Waals surface area contributed by atoms with E-state index in [1.54, 1.807) is 32.3 Å². The van der Waals surface area contributed by atoms with Gasteiger partial charge in [0.2, 0.25) is 11.8 Å². The second-order valence-electron chi connectivity index (χ2n) is 5.87. The summed E-state index contributed by atoms with van der Waals surface area (Å²) in [6.45, 7) is 3.98. The van der Waals surface area contributed by atoms with E-state index in [1.165, 1.54) is 0 Å². The number of aromatic nitrogens is 2. The van der Waals surface area contributed by atoms with E-state index in [1.807, 2.05) is 36.4 Å². The van der Waals surface area contributed by atoms with Crippen LogP contribution in [0.25, 0.3) is 0 Å². The zero-order valence-corrected chi connectivity index (χ0v) is 14.6. The number of benzene rings is 1. The third-order valence-corrected chi connectivity index (χ3v) is 3.61. The molecule has 0 aliphatic carbocycles. The molecule has 7 heteroatoms. The Morgan fingerprint density at radius 3 is 2.88 bits per heavy atom. The summed E-state index contributed by atoms with van der Waals surface area (Å²) in [5.74, 6) is 0.815. The van der Waals surface area contributed by atoms with Gasteiger partial charge in [0.25, 0.3) is 0 Å². The third-order valence-electron chi connectivity index (χ3n) is 3.61. The highest BCUT2D eigenvalue weighted by molar-refractivity contribution is 5.95. The molecule has 0 fully saturated rings. The van der Waals surface area contributed by atoms with E-state index < -0.39 is 6.04 Å². The molecule has 3 aromatic rings. The molecule has 0 spiro atoms. The number of carbonyl (C=O) groups excluding carboxylic acids is 1. The number of carbonyl (C=O) groups is 1. The van der Waals surface area contributed by atoms with Crippen molar-refractivity contribution in [1.29, 1.82) is 0 Å². The van der Waals surface area contributed by atoms with E-state index in [9.17, 15) is 4.79 Å². The molecule has 0 saturated carbocycles. The van der Waals surface area contributed by atoms with Crippen LogP contribution in [-0.2, 0) is 11.4 Å². The average molecular weight is 352 g/mol. The SMILES string of the molecule is Cc1cc(NC(=O)[C@@H](C)Nc2cccc(OCc3cccnc3)c2)on1. The molecule has 0 saturated heterocycles. The zero-order chi connectivity index (χ0) is 18.4. The molecule has 1 atom stereocenters. The van der Waals surface area contributed by atoms with Crippen molar-refractivity contribution in [3.63, 3.8) is 0 Å². The number of hydrogen-bond acceptors (Lipinski definition) is 6. The first-order chi connectivity index (χ1) is 12.6. The normalized spacial score (nSPS) is 11.6. The molecular formula is C19H20N4O3. The van der Waals surface area contributed by atoms with Crippen molar-refractivity contribution >= 4 is 17.5 Å². The zero-order valence-electron chi connectivity index (χ0n) is 14.6. The number of hydrogen-bond donors (Lipinski definition) is 2. The quantitative estimate of drug-likeness (QED) is 0.677. The highest BCUT2D eigenvalue weighted by atomic mass is 16.5. The lowest BCUT2D eigenvalue weighted by Crippen LogP contribution is -2.31. The second kappa shape index (κ2) is 8.15. The second-order valence-corrected chi connectivity index (χ2v) is 5.87. The topological polar surface area (TPSA) is 89.3 Å². The fraction of sp³-hybridized carbons (Fsp3) is 0.211. The van der Waals surface area contributed by atoms with Gasteiger partial charge in [0.15, 0.2) is 0 Å². The van der Waals surface area contributed by atoms with Crippen LogP contribution in [0.1, 0.15) is 18.2 Å². The van der Waals surface area contributed by atoms with Gasteiger partial charge in [-0.1, -0.05) is 17.3 Å². The van der Waals surface area contributed by atoms with Crippen LogP contribution >= 0.6 is 0 Å². The minimum Gasteiger partial charge on any atom is -0.489 e. The van der Waals surface area contributed by atoms with Gasteiger partial charge in [-0.3, -0.25) is 15.1 Å². The maximum Gasteiger partial charge on any atom is 0.248 e. The van der Waals surface area contributed by atoms with Gasteiger partial charge in [-0.15, -0.1) is 0 Å². The van der Waals surface area contributed by atoms with E-state index in [-0.39, 0.29) is 5.91 Å². The van der Waals surface area contributed by atoms with Gasteiger partial charge >= 0.3 is 0 Å². The predicted molar refractivity (Wildman–Crippen MR) is 98.0 cm³/mol. The number of pyridine rings is 1.